The van der Waals surface area contributed by atoms with Crippen LogP contribution in [0.25, 0.3) is 0 Å². The molecule has 1 saturated carbocycles. The van der Waals surface area contributed by atoms with Gasteiger partial charge in [-0.05, 0) is 67.5 Å². The zero-order chi connectivity index (χ0) is 24.8. The average molecular weight is 486 g/mol. The van der Waals surface area contributed by atoms with Crippen LogP contribution in [-0.2, 0) is 14.3 Å². The highest BCUT2D eigenvalue weighted by molar-refractivity contribution is 6.23. The standard InChI is InChI=1S/C28H27N3O5/c32-25(30-22-6-2-1-5-21(22)26(33)29-15-20-4-3-13-36-20)16-9-11-19(12-10-16)31-27(34)23-17-7-8-18(14-17)24(23)28(31)35/h1-2,5-12,17-18,20,23-24H,3-4,13-15H2,(H,29,33)(H,30,32). The third-order valence-electron chi connectivity index (χ3n) is 7.79. The van der Waals surface area contributed by atoms with Gasteiger partial charge in [0.25, 0.3) is 11.8 Å². The minimum Gasteiger partial charge on any atom is -0.376 e. The molecule has 4 aliphatic rings. The Kier molecular flexibility index (Phi) is 5.68. The van der Waals surface area contributed by atoms with Gasteiger partial charge in [-0.1, -0.05) is 24.3 Å². The van der Waals surface area contributed by atoms with E-state index in [0.717, 1.165) is 19.3 Å². The van der Waals surface area contributed by atoms with Crippen LogP contribution in [0, 0.1) is 23.7 Å². The van der Waals surface area contributed by atoms with Crippen LogP contribution in [0.3, 0.4) is 0 Å². The maximum absolute atomic E-state index is 13.0. The number of imide groups is 1. The van der Waals surface area contributed by atoms with E-state index in [2.05, 4.69) is 22.8 Å². The van der Waals surface area contributed by atoms with Crippen LogP contribution >= 0.6 is 0 Å². The Morgan fingerprint density at radius 1 is 0.917 bits per heavy atom. The Morgan fingerprint density at radius 3 is 2.28 bits per heavy atom. The number of benzene rings is 2. The van der Waals surface area contributed by atoms with Crippen molar-refractivity contribution in [1.82, 2.24) is 5.32 Å². The molecule has 8 heteroatoms. The number of nitrogens with zero attached hydrogens (tertiary/aromatic N) is 1. The number of carbonyl (C=O) groups excluding carboxylic acids is 4. The Labute approximate surface area is 208 Å². The van der Waals surface area contributed by atoms with Crippen molar-refractivity contribution in [2.24, 2.45) is 23.7 Å². The summed E-state index contributed by atoms with van der Waals surface area (Å²) >= 11 is 0. The molecule has 184 valence electrons. The molecule has 2 heterocycles. The van der Waals surface area contributed by atoms with E-state index in [-0.39, 0.29) is 53.4 Å². The number of hydrogen-bond donors (Lipinski definition) is 2. The molecule has 2 saturated heterocycles. The van der Waals surface area contributed by atoms with Gasteiger partial charge in [-0.2, -0.15) is 0 Å². The molecule has 3 fully saturated rings. The molecule has 2 bridgehead atoms. The molecule has 8 nitrogen and oxygen atoms in total. The predicted molar refractivity (Wildman–Crippen MR) is 132 cm³/mol. The second kappa shape index (κ2) is 9.02. The normalized spacial score (nSPS) is 28.0. The van der Waals surface area contributed by atoms with Gasteiger partial charge in [0, 0.05) is 18.7 Å². The number of amides is 4. The Bertz CT molecular complexity index is 1230. The Morgan fingerprint density at radius 2 is 1.61 bits per heavy atom. The monoisotopic (exact) mass is 485 g/mol. The number of rotatable bonds is 6. The van der Waals surface area contributed by atoms with Crippen LogP contribution in [0.1, 0.15) is 40.0 Å². The van der Waals surface area contributed by atoms with Gasteiger partial charge in [-0.25, -0.2) is 0 Å². The maximum Gasteiger partial charge on any atom is 0.255 e. The number of fused-ring (bicyclic) bond motifs is 5. The molecule has 2 aromatic carbocycles. The summed E-state index contributed by atoms with van der Waals surface area (Å²) in [5.41, 5.74) is 1.60. The first-order valence-electron chi connectivity index (χ1n) is 12.5. The summed E-state index contributed by atoms with van der Waals surface area (Å²) < 4.78 is 5.55. The summed E-state index contributed by atoms with van der Waals surface area (Å²) in [6, 6.07) is 13.3. The molecule has 0 radical (unpaired) electrons. The fourth-order valence-electron chi connectivity index (χ4n) is 6.01. The number of carbonyl (C=O) groups is 4. The zero-order valence-corrected chi connectivity index (χ0v) is 19.7. The van der Waals surface area contributed by atoms with Crippen LogP contribution in [0.15, 0.2) is 60.7 Å². The van der Waals surface area contributed by atoms with Gasteiger partial charge in [0.2, 0.25) is 11.8 Å². The van der Waals surface area contributed by atoms with Gasteiger partial charge in [-0.3, -0.25) is 24.1 Å². The van der Waals surface area contributed by atoms with Gasteiger partial charge < -0.3 is 15.4 Å². The van der Waals surface area contributed by atoms with Gasteiger partial charge in [0.15, 0.2) is 0 Å². The van der Waals surface area contributed by atoms with Gasteiger partial charge in [0.1, 0.15) is 0 Å². The number of anilines is 2. The summed E-state index contributed by atoms with van der Waals surface area (Å²) in [4.78, 5) is 53.0. The number of para-hydroxylation sites is 1. The van der Waals surface area contributed by atoms with Crippen molar-refractivity contribution in [2.75, 3.05) is 23.4 Å². The Hall–Kier alpha value is -3.78. The zero-order valence-electron chi connectivity index (χ0n) is 19.7. The molecule has 2 aliphatic carbocycles. The highest BCUT2D eigenvalue weighted by Gasteiger charge is 2.59. The predicted octanol–water partition coefficient (Wildman–Crippen LogP) is 3.16. The van der Waals surface area contributed by atoms with Crippen molar-refractivity contribution in [3.8, 4) is 0 Å². The summed E-state index contributed by atoms with van der Waals surface area (Å²) in [6.45, 7) is 1.14. The van der Waals surface area contributed by atoms with Gasteiger partial charge in [-0.15, -0.1) is 0 Å². The second-order valence-electron chi connectivity index (χ2n) is 9.90. The van der Waals surface area contributed by atoms with E-state index in [1.807, 2.05) is 0 Å². The first-order valence-corrected chi connectivity index (χ1v) is 12.5. The molecule has 2 N–H and O–H groups in total. The number of allylic oxidation sites excluding steroid dienone is 2. The smallest absolute Gasteiger partial charge is 0.255 e. The molecule has 0 aromatic heterocycles. The third kappa shape index (κ3) is 3.82. The van der Waals surface area contributed by atoms with E-state index < -0.39 is 0 Å². The number of nitrogens with one attached hydrogen (secondary N) is 2. The molecule has 2 aliphatic heterocycles. The minimum absolute atomic E-state index is 0.0228. The first kappa shape index (κ1) is 22.7. The van der Waals surface area contributed by atoms with Crippen molar-refractivity contribution in [1.29, 1.82) is 0 Å². The van der Waals surface area contributed by atoms with Crippen molar-refractivity contribution in [3.63, 3.8) is 0 Å². The van der Waals surface area contributed by atoms with Crippen LogP contribution < -0.4 is 15.5 Å². The summed E-state index contributed by atoms with van der Waals surface area (Å²) in [7, 11) is 0. The average Bonchev–Trinajstić information content (AvgIpc) is 3.69. The first-order chi connectivity index (χ1) is 17.5. The van der Waals surface area contributed by atoms with Crippen LogP contribution in [0.4, 0.5) is 11.4 Å². The molecule has 5 atom stereocenters. The summed E-state index contributed by atoms with van der Waals surface area (Å²) in [5, 5.41) is 5.69. The van der Waals surface area contributed by atoms with E-state index in [1.165, 1.54) is 4.90 Å². The van der Waals surface area contributed by atoms with Crippen molar-refractivity contribution in [3.05, 3.63) is 71.8 Å². The summed E-state index contributed by atoms with van der Waals surface area (Å²) in [5.74, 6) is -1.21. The second-order valence-corrected chi connectivity index (χ2v) is 9.90. The minimum atomic E-state index is -0.390. The maximum atomic E-state index is 13.0. The molecule has 4 amide bonds. The lowest BCUT2D eigenvalue weighted by Crippen LogP contribution is -2.33. The lowest BCUT2D eigenvalue weighted by atomic mass is 9.85. The highest BCUT2D eigenvalue weighted by Crippen LogP contribution is 2.53. The molecule has 6 rings (SSSR count). The lowest BCUT2D eigenvalue weighted by Gasteiger charge is -2.17. The third-order valence-corrected chi connectivity index (χ3v) is 7.79. The lowest BCUT2D eigenvalue weighted by molar-refractivity contribution is -0.123. The van der Waals surface area contributed by atoms with Crippen molar-refractivity contribution < 1.29 is 23.9 Å². The van der Waals surface area contributed by atoms with E-state index in [9.17, 15) is 19.2 Å². The van der Waals surface area contributed by atoms with E-state index in [4.69, 9.17) is 4.74 Å². The topological polar surface area (TPSA) is 105 Å². The number of ether oxygens (including phenoxy) is 1. The van der Waals surface area contributed by atoms with E-state index >= 15 is 0 Å². The Balaban J connectivity index is 1.13. The largest absolute Gasteiger partial charge is 0.376 e. The molecule has 36 heavy (non-hydrogen) atoms. The van der Waals surface area contributed by atoms with Crippen molar-refractivity contribution in [2.45, 2.75) is 25.4 Å². The molecule has 2 aromatic rings. The van der Waals surface area contributed by atoms with E-state index in [1.54, 1.807) is 48.5 Å². The van der Waals surface area contributed by atoms with Gasteiger partial charge >= 0.3 is 0 Å². The van der Waals surface area contributed by atoms with Crippen LogP contribution in [-0.4, -0.2) is 42.9 Å². The molecule has 5 unspecified atom stereocenters. The highest BCUT2D eigenvalue weighted by atomic mass is 16.5. The molecule has 0 spiro atoms. The SMILES string of the molecule is O=C(Nc1ccccc1C(=O)NCC1CCCO1)c1ccc(N2C(=O)C3C4C=CC(C4)C3C2=O)cc1. The van der Waals surface area contributed by atoms with Crippen molar-refractivity contribution >= 4 is 35.0 Å². The fourth-order valence-corrected chi connectivity index (χ4v) is 6.01. The molecular weight excluding hydrogens is 458 g/mol. The molecular formula is C28H27N3O5. The van der Waals surface area contributed by atoms with Crippen LogP contribution in [0.5, 0.6) is 0 Å². The van der Waals surface area contributed by atoms with Gasteiger partial charge in [0.05, 0.1) is 34.9 Å². The fraction of sp³-hybridized carbons (Fsp3) is 0.357. The quantitative estimate of drug-likeness (QED) is 0.483. The van der Waals surface area contributed by atoms with E-state index in [0.29, 0.717) is 35.7 Å². The summed E-state index contributed by atoms with van der Waals surface area (Å²) in [6.07, 6.45) is 6.94. The number of hydrogen-bond acceptors (Lipinski definition) is 5. The van der Waals surface area contributed by atoms with Crippen LogP contribution in [0.2, 0.25) is 0 Å².